The number of carboxylic acids is 1. The summed E-state index contributed by atoms with van der Waals surface area (Å²) >= 11 is 0. The van der Waals surface area contributed by atoms with E-state index in [4.69, 9.17) is 0 Å². The van der Waals surface area contributed by atoms with Crippen molar-refractivity contribution in [3.8, 4) is 11.3 Å². The van der Waals surface area contributed by atoms with E-state index in [1.54, 1.807) is 0 Å². The molecule has 224 valence electrons. The van der Waals surface area contributed by atoms with E-state index in [0.717, 1.165) is 0 Å². The molecule has 1 fully saturated rings. The van der Waals surface area contributed by atoms with Gasteiger partial charge in [-0.2, -0.15) is 13.2 Å². The molecule has 1 aliphatic rings. The quantitative estimate of drug-likeness (QED) is 0.157. The molecule has 2 heterocycles. The minimum atomic E-state index is -4.79. The predicted octanol–water partition coefficient (Wildman–Crippen LogP) is 4.76. The average molecular weight is 603 g/mol. The van der Waals surface area contributed by atoms with Crippen LogP contribution in [-0.2, 0) is 10.7 Å². The number of aromatic carboxylic acids is 1. The zero-order chi connectivity index (χ0) is 30.2. The lowest BCUT2D eigenvalue weighted by Gasteiger charge is -2.19. The summed E-state index contributed by atoms with van der Waals surface area (Å²) in [6.45, 7) is 2.49. The summed E-state index contributed by atoms with van der Waals surface area (Å²) in [5.74, 6) is -4.17. The summed E-state index contributed by atoms with van der Waals surface area (Å²) in [6, 6.07) is 2.37. The largest absolute Gasteiger partial charge is 0.478 e. The van der Waals surface area contributed by atoms with Gasteiger partial charge in [0, 0.05) is 53.7 Å². The molecule has 1 aliphatic carbocycles. The molecule has 1 saturated carbocycles. The second-order valence-corrected chi connectivity index (χ2v) is 13.8. The standard InChI is InChI=1S/C26H32F5N6O3P/c1-32-13-25(27,28)8-9-33-14-4-5-15(10-14)36-24-35-12-19(26(29,30)31)20(37-24)18-11-34-21-16(18)6-7-17(23(38)39)22(21)41(2,3)40/h6-7,11-12,14-15,32-34H,4-5,8-10,13H2,1-3H3,(H,38,39)(H,35,36,37)/t14-,15-/m0/s1. The van der Waals surface area contributed by atoms with Crippen LogP contribution in [0.1, 0.15) is 41.6 Å². The predicted molar refractivity (Wildman–Crippen MR) is 147 cm³/mol. The molecule has 0 radical (unpaired) electrons. The minimum absolute atomic E-state index is 0.0305. The third kappa shape index (κ3) is 7.04. The van der Waals surface area contributed by atoms with E-state index in [2.05, 4.69) is 30.9 Å². The van der Waals surface area contributed by atoms with Gasteiger partial charge in [-0.3, -0.25) is 0 Å². The van der Waals surface area contributed by atoms with Gasteiger partial charge < -0.3 is 30.6 Å². The summed E-state index contributed by atoms with van der Waals surface area (Å²) < 4.78 is 82.5. The van der Waals surface area contributed by atoms with Crippen LogP contribution in [0, 0.1) is 0 Å². The zero-order valence-corrected chi connectivity index (χ0v) is 23.6. The highest BCUT2D eigenvalue weighted by Crippen LogP contribution is 2.43. The molecule has 15 heteroatoms. The number of rotatable bonds is 11. The van der Waals surface area contributed by atoms with E-state index in [9.17, 15) is 36.4 Å². The zero-order valence-electron chi connectivity index (χ0n) is 22.7. The van der Waals surface area contributed by atoms with Gasteiger partial charge in [-0.15, -0.1) is 0 Å². The summed E-state index contributed by atoms with van der Waals surface area (Å²) in [6.07, 6.45) is -1.25. The number of nitrogens with one attached hydrogen (secondary N) is 4. The smallest absolute Gasteiger partial charge is 0.419 e. The molecule has 0 saturated heterocycles. The molecule has 1 aromatic carbocycles. The SMILES string of the molecule is CNCC(F)(F)CCN[C@H]1CC[C@H](Nc2ncc(C(F)(F)F)c(-c3c[nH]c4c(P(C)(C)=O)c(C(=O)O)ccc34)n2)C1. The number of aromatic amines is 1. The molecule has 2 atom stereocenters. The monoisotopic (exact) mass is 602 g/mol. The van der Waals surface area contributed by atoms with Crippen molar-refractivity contribution in [1.82, 2.24) is 25.6 Å². The molecule has 2 aromatic heterocycles. The van der Waals surface area contributed by atoms with Crippen LogP contribution in [0.5, 0.6) is 0 Å². The maximum absolute atomic E-state index is 14.0. The van der Waals surface area contributed by atoms with Crippen LogP contribution in [0.25, 0.3) is 22.2 Å². The number of hydrogen-bond donors (Lipinski definition) is 5. The molecular weight excluding hydrogens is 570 g/mol. The first kappa shape index (κ1) is 30.9. The second-order valence-electron chi connectivity index (χ2n) is 10.6. The van der Waals surface area contributed by atoms with E-state index >= 15 is 0 Å². The molecule has 0 amide bonds. The van der Waals surface area contributed by atoms with E-state index in [1.165, 1.54) is 38.7 Å². The first-order valence-electron chi connectivity index (χ1n) is 13.0. The topological polar surface area (TPSA) is 132 Å². The Bertz CT molecular complexity index is 1470. The van der Waals surface area contributed by atoms with E-state index in [0.29, 0.717) is 25.5 Å². The lowest BCUT2D eigenvalue weighted by molar-refractivity contribution is -0.137. The highest BCUT2D eigenvalue weighted by Gasteiger charge is 2.37. The van der Waals surface area contributed by atoms with Gasteiger partial charge in [0.05, 0.1) is 23.3 Å². The van der Waals surface area contributed by atoms with Gasteiger partial charge in [-0.25, -0.2) is 23.5 Å². The van der Waals surface area contributed by atoms with Gasteiger partial charge in [0.1, 0.15) is 12.7 Å². The minimum Gasteiger partial charge on any atom is -0.478 e. The Morgan fingerprint density at radius 3 is 2.51 bits per heavy atom. The average Bonchev–Trinajstić information content (AvgIpc) is 3.48. The molecular formula is C26H32F5N6O3P. The molecule has 3 aromatic rings. The van der Waals surface area contributed by atoms with Crippen LogP contribution < -0.4 is 21.3 Å². The van der Waals surface area contributed by atoms with Crippen LogP contribution in [0.4, 0.5) is 27.9 Å². The van der Waals surface area contributed by atoms with Gasteiger partial charge in [0.15, 0.2) is 0 Å². The van der Waals surface area contributed by atoms with Gasteiger partial charge in [-0.1, -0.05) is 6.07 Å². The van der Waals surface area contributed by atoms with Crippen LogP contribution in [0.3, 0.4) is 0 Å². The van der Waals surface area contributed by atoms with E-state index < -0.39 is 43.0 Å². The fraction of sp³-hybridized carbons (Fsp3) is 0.500. The highest BCUT2D eigenvalue weighted by atomic mass is 31.2. The lowest BCUT2D eigenvalue weighted by atomic mass is 10.0. The number of alkyl halides is 5. The Labute approximate surface area is 233 Å². The number of carboxylic acid groups (broad SMARTS) is 1. The molecule has 41 heavy (non-hydrogen) atoms. The van der Waals surface area contributed by atoms with E-state index in [1.807, 2.05) is 0 Å². The summed E-state index contributed by atoms with van der Waals surface area (Å²) in [5.41, 5.74) is -1.48. The number of nitrogens with zero attached hydrogens (tertiary/aromatic N) is 2. The van der Waals surface area contributed by atoms with Gasteiger partial charge in [0.25, 0.3) is 5.92 Å². The number of benzene rings is 1. The summed E-state index contributed by atoms with van der Waals surface area (Å²) in [4.78, 5) is 22.7. The van der Waals surface area contributed by atoms with Crippen molar-refractivity contribution in [1.29, 1.82) is 0 Å². The number of H-pyrrole nitrogens is 1. The fourth-order valence-electron chi connectivity index (χ4n) is 5.26. The van der Waals surface area contributed by atoms with Crippen molar-refractivity contribution >= 4 is 35.3 Å². The van der Waals surface area contributed by atoms with E-state index in [-0.39, 0.29) is 58.3 Å². The normalized spacial score (nSPS) is 18.2. The first-order chi connectivity index (χ1) is 19.1. The lowest BCUT2D eigenvalue weighted by Crippen LogP contribution is -2.36. The van der Waals surface area contributed by atoms with Crippen molar-refractivity contribution in [3.63, 3.8) is 0 Å². The number of anilines is 1. The molecule has 0 unspecified atom stereocenters. The number of aromatic nitrogens is 3. The Kier molecular flexibility index (Phi) is 8.77. The van der Waals surface area contributed by atoms with Crippen molar-refractivity contribution < 1.29 is 36.4 Å². The third-order valence-electron chi connectivity index (χ3n) is 7.07. The molecule has 0 aliphatic heterocycles. The Balaban J connectivity index is 1.61. The second kappa shape index (κ2) is 11.7. The summed E-state index contributed by atoms with van der Waals surface area (Å²) in [7, 11) is -1.70. The Hall–Kier alpha value is -3.09. The first-order valence-corrected chi connectivity index (χ1v) is 15.6. The number of halogens is 5. The fourth-order valence-corrected chi connectivity index (χ4v) is 6.74. The van der Waals surface area contributed by atoms with Gasteiger partial charge in [0.2, 0.25) is 5.95 Å². The van der Waals surface area contributed by atoms with Crippen molar-refractivity contribution in [2.45, 2.75) is 49.9 Å². The van der Waals surface area contributed by atoms with Crippen molar-refractivity contribution in [3.05, 3.63) is 35.7 Å². The molecule has 5 N–H and O–H groups in total. The number of fused-ring (bicyclic) bond motifs is 1. The van der Waals surface area contributed by atoms with Crippen molar-refractivity contribution in [2.75, 3.05) is 38.8 Å². The maximum atomic E-state index is 14.0. The number of hydrogen-bond acceptors (Lipinski definition) is 7. The maximum Gasteiger partial charge on any atom is 0.419 e. The molecule has 9 nitrogen and oxygen atoms in total. The Morgan fingerprint density at radius 2 is 1.88 bits per heavy atom. The van der Waals surface area contributed by atoms with Gasteiger partial charge >= 0.3 is 12.1 Å². The van der Waals surface area contributed by atoms with Crippen LogP contribution in [0.2, 0.25) is 0 Å². The molecule has 4 rings (SSSR count). The van der Waals surface area contributed by atoms with Crippen LogP contribution >= 0.6 is 7.14 Å². The Morgan fingerprint density at radius 1 is 1.17 bits per heavy atom. The number of carbonyl (C=O) groups is 1. The van der Waals surface area contributed by atoms with Crippen LogP contribution in [0.15, 0.2) is 24.5 Å². The summed E-state index contributed by atoms with van der Waals surface area (Å²) in [5, 5.41) is 18.5. The van der Waals surface area contributed by atoms with Gasteiger partial charge in [-0.05, 0) is 45.7 Å². The van der Waals surface area contributed by atoms with Crippen LogP contribution in [-0.4, -0.2) is 77.5 Å². The molecule has 0 spiro atoms. The molecule has 0 bridgehead atoms. The van der Waals surface area contributed by atoms with Crippen molar-refractivity contribution in [2.24, 2.45) is 0 Å². The third-order valence-corrected chi connectivity index (χ3v) is 8.61. The highest BCUT2D eigenvalue weighted by molar-refractivity contribution is 7.70.